The summed E-state index contributed by atoms with van der Waals surface area (Å²) in [5.74, 6) is -0.460. The van der Waals surface area contributed by atoms with Crippen molar-refractivity contribution in [1.82, 2.24) is 14.8 Å². The molecule has 1 amide bonds. The van der Waals surface area contributed by atoms with Gasteiger partial charge in [0.25, 0.3) is 11.6 Å². The van der Waals surface area contributed by atoms with Gasteiger partial charge in [-0.3, -0.25) is 14.9 Å². The number of benzene rings is 2. The van der Waals surface area contributed by atoms with Gasteiger partial charge in [0.05, 0.1) is 20.8 Å². The van der Waals surface area contributed by atoms with Crippen molar-refractivity contribution in [2.24, 2.45) is 0 Å². The molecule has 0 aliphatic rings. The lowest BCUT2D eigenvalue weighted by Crippen LogP contribution is -2.14. The van der Waals surface area contributed by atoms with E-state index in [0.717, 1.165) is 0 Å². The molecular formula is C15H10BrN5O3. The standard InChI is InChI=1S/C15H10BrN5O3/c16-11-6-5-10(7-14(11)21(23)24)15(22)19-12-3-1-2-4-13(12)20-9-17-8-18-20/h1-9H,(H,19,22). The van der Waals surface area contributed by atoms with Crippen LogP contribution in [0.3, 0.4) is 0 Å². The number of aromatic nitrogens is 3. The van der Waals surface area contributed by atoms with Crippen molar-refractivity contribution in [3.63, 3.8) is 0 Å². The lowest BCUT2D eigenvalue weighted by atomic mass is 10.1. The Morgan fingerprint density at radius 3 is 2.75 bits per heavy atom. The van der Waals surface area contributed by atoms with Gasteiger partial charge in [-0.05, 0) is 40.2 Å². The molecule has 2 aromatic carbocycles. The monoisotopic (exact) mass is 387 g/mol. The molecule has 9 heteroatoms. The number of nitro groups is 1. The number of nitrogens with zero attached hydrogens (tertiary/aromatic N) is 4. The quantitative estimate of drug-likeness (QED) is 0.546. The fourth-order valence-corrected chi connectivity index (χ4v) is 2.49. The van der Waals surface area contributed by atoms with E-state index in [2.05, 4.69) is 31.3 Å². The normalized spacial score (nSPS) is 10.4. The molecule has 8 nitrogen and oxygen atoms in total. The molecule has 0 aliphatic carbocycles. The summed E-state index contributed by atoms with van der Waals surface area (Å²) in [6.07, 6.45) is 2.89. The molecule has 1 N–H and O–H groups in total. The van der Waals surface area contributed by atoms with Crippen LogP contribution in [0.2, 0.25) is 0 Å². The highest BCUT2D eigenvalue weighted by atomic mass is 79.9. The van der Waals surface area contributed by atoms with Crippen LogP contribution in [0.5, 0.6) is 0 Å². The van der Waals surface area contributed by atoms with Gasteiger partial charge in [0.15, 0.2) is 0 Å². The third-order valence-electron chi connectivity index (χ3n) is 3.22. The average Bonchev–Trinajstić information content (AvgIpc) is 3.09. The number of anilines is 1. The number of hydrogen-bond acceptors (Lipinski definition) is 5. The molecule has 24 heavy (non-hydrogen) atoms. The second-order valence-electron chi connectivity index (χ2n) is 4.73. The molecule has 0 fully saturated rings. The van der Waals surface area contributed by atoms with E-state index >= 15 is 0 Å². The van der Waals surface area contributed by atoms with E-state index in [9.17, 15) is 14.9 Å². The van der Waals surface area contributed by atoms with Crippen molar-refractivity contribution in [2.45, 2.75) is 0 Å². The Bertz CT molecular complexity index is 911. The van der Waals surface area contributed by atoms with Crippen molar-refractivity contribution < 1.29 is 9.72 Å². The van der Waals surface area contributed by atoms with Gasteiger partial charge in [0, 0.05) is 11.6 Å². The molecule has 0 aliphatic heterocycles. The molecule has 3 aromatic rings. The number of halogens is 1. The van der Waals surface area contributed by atoms with Gasteiger partial charge in [-0.1, -0.05) is 12.1 Å². The fourth-order valence-electron chi connectivity index (χ4n) is 2.10. The Hall–Kier alpha value is -3.07. The van der Waals surface area contributed by atoms with Gasteiger partial charge < -0.3 is 5.32 Å². The van der Waals surface area contributed by atoms with E-state index in [1.807, 2.05) is 0 Å². The van der Waals surface area contributed by atoms with E-state index in [1.165, 1.54) is 35.5 Å². The SMILES string of the molecule is O=C(Nc1ccccc1-n1cncn1)c1ccc(Br)c([N+](=O)[O-])c1. The Balaban J connectivity index is 1.91. The molecule has 0 saturated heterocycles. The Labute approximate surface area is 144 Å². The highest BCUT2D eigenvalue weighted by Gasteiger charge is 2.17. The minimum atomic E-state index is -0.551. The first kappa shape index (κ1) is 15.8. The minimum absolute atomic E-state index is 0.174. The highest BCUT2D eigenvalue weighted by molar-refractivity contribution is 9.10. The van der Waals surface area contributed by atoms with Crippen LogP contribution in [0.15, 0.2) is 59.6 Å². The third-order valence-corrected chi connectivity index (χ3v) is 3.89. The van der Waals surface area contributed by atoms with Gasteiger partial charge in [0.2, 0.25) is 0 Å². The van der Waals surface area contributed by atoms with Crippen LogP contribution in [0.1, 0.15) is 10.4 Å². The number of amides is 1. The second-order valence-corrected chi connectivity index (χ2v) is 5.59. The second kappa shape index (κ2) is 6.59. The number of carbonyl (C=O) groups excluding carboxylic acids is 1. The largest absolute Gasteiger partial charge is 0.320 e. The van der Waals surface area contributed by atoms with E-state index in [-0.39, 0.29) is 11.3 Å². The van der Waals surface area contributed by atoms with Crippen LogP contribution in [0.4, 0.5) is 11.4 Å². The summed E-state index contributed by atoms with van der Waals surface area (Å²) in [5, 5.41) is 17.8. The molecule has 0 unspecified atom stereocenters. The van der Waals surface area contributed by atoms with Gasteiger partial charge in [0.1, 0.15) is 12.7 Å². The van der Waals surface area contributed by atoms with Crippen molar-refractivity contribution in [3.05, 3.63) is 75.3 Å². The van der Waals surface area contributed by atoms with E-state index in [0.29, 0.717) is 15.8 Å². The highest BCUT2D eigenvalue weighted by Crippen LogP contribution is 2.26. The number of nitrogens with one attached hydrogen (secondary N) is 1. The van der Waals surface area contributed by atoms with Crippen molar-refractivity contribution >= 4 is 33.2 Å². The third kappa shape index (κ3) is 3.15. The first-order valence-electron chi connectivity index (χ1n) is 6.75. The first-order valence-corrected chi connectivity index (χ1v) is 7.55. The molecular weight excluding hydrogens is 378 g/mol. The number of carbonyl (C=O) groups is 1. The summed E-state index contributed by atoms with van der Waals surface area (Å²) in [5.41, 5.74) is 1.15. The van der Waals surface area contributed by atoms with Crippen LogP contribution < -0.4 is 5.32 Å². The lowest BCUT2D eigenvalue weighted by molar-refractivity contribution is -0.385. The van der Waals surface area contributed by atoms with Gasteiger partial charge in [-0.2, -0.15) is 5.10 Å². The summed E-state index contributed by atoms with van der Waals surface area (Å²) in [6, 6.07) is 11.2. The number of hydrogen-bond donors (Lipinski definition) is 1. The smallest absolute Gasteiger partial charge is 0.284 e. The molecule has 120 valence electrons. The first-order chi connectivity index (χ1) is 11.6. The lowest BCUT2D eigenvalue weighted by Gasteiger charge is -2.10. The molecule has 0 radical (unpaired) electrons. The zero-order valence-corrected chi connectivity index (χ0v) is 13.7. The molecule has 0 spiro atoms. The van der Waals surface area contributed by atoms with Crippen LogP contribution in [-0.4, -0.2) is 25.6 Å². The minimum Gasteiger partial charge on any atom is -0.320 e. The maximum atomic E-state index is 12.4. The number of rotatable bonds is 4. The van der Waals surface area contributed by atoms with E-state index in [1.54, 1.807) is 24.3 Å². The van der Waals surface area contributed by atoms with Gasteiger partial charge in [-0.25, -0.2) is 9.67 Å². The van der Waals surface area contributed by atoms with Crippen molar-refractivity contribution in [3.8, 4) is 5.69 Å². The topological polar surface area (TPSA) is 103 Å². The van der Waals surface area contributed by atoms with E-state index in [4.69, 9.17) is 0 Å². The summed E-state index contributed by atoms with van der Waals surface area (Å²) in [7, 11) is 0. The Morgan fingerprint density at radius 2 is 2.04 bits per heavy atom. The molecule has 0 saturated carbocycles. The number of para-hydroxylation sites is 2. The summed E-state index contributed by atoms with van der Waals surface area (Å²) < 4.78 is 1.83. The molecule has 1 aromatic heterocycles. The van der Waals surface area contributed by atoms with Crippen molar-refractivity contribution in [1.29, 1.82) is 0 Å². The number of nitro benzene ring substituents is 1. The fraction of sp³-hybridized carbons (Fsp3) is 0. The summed E-state index contributed by atoms with van der Waals surface area (Å²) in [4.78, 5) is 26.7. The molecule has 3 rings (SSSR count). The summed E-state index contributed by atoms with van der Waals surface area (Å²) >= 11 is 3.09. The Kier molecular flexibility index (Phi) is 4.34. The van der Waals surface area contributed by atoms with Crippen LogP contribution >= 0.6 is 15.9 Å². The van der Waals surface area contributed by atoms with Crippen LogP contribution in [-0.2, 0) is 0 Å². The summed E-state index contributed by atoms with van der Waals surface area (Å²) in [6.45, 7) is 0. The van der Waals surface area contributed by atoms with Crippen LogP contribution in [0, 0.1) is 10.1 Å². The predicted molar refractivity (Wildman–Crippen MR) is 90.1 cm³/mol. The maximum Gasteiger partial charge on any atom is 0.284 e. The van der Waals surface area contributed by atoms with Gasteiger partial charge >= 0.3 is 0 Å². The average molecular weight is 388 g/mol. The molecule has 1 heterocycles. The molecule has 0 atom stereocenters. The van der Waals surface area contributed by atoms with Crippen molar-refractivity contribution in [2.75, 3.05) is 5.32 Å². The molecule has 0 bridgehead atoms. The zero-order chi connectivity index (χ0) is 17.1. The van der Waals surface area contributed by atoms with E-state index < -0.39 is 10.8 Å². The Morgan fingerprint density at radius 1 is 1.25 bits per heavy atom. The van der Waals surface area contributed by atoms with Gasteiger partial charge in [-0.15, -0.1) is 0 Å². The zero-order valence-electron chi connectivity index (χ0n) is 12.1. The maximum absolute atomic E-state index is 12.4. The predicted octanol–water partition coefficient (Wildman–Crippen LogP) is 3.19. The van der Waals surface area contributed by atoms with Crippen LogP contribution in [0.25, 0.3) is 5.69 Å².